The van der Waals surface area contributed by atoms with Crippen LogP contribution < -0.4 is 9.91 Å². The maximum Gasteiger partial charge on any atom is 0.225 e. The Balaban J connectivity index is 1.08. The molecule has 1 N–H and O–H groups in total. The topological polar surface area (TPSA) is 90.1 Å². The van der Waals surface area contributed by atoms with Gasteiger partial charge in [0.25, 0.3) is 0 Å². The summed E-state index contributed by atoms with van der Waals surface area (Å²) in [5, 5.41) is 22.2. The van der Waals surface area contributed by atoms with Gasteiger partial charge in [-0.15, -0.1) is 0 Å². The van der Waals surface area contributed by atoms with Crippen LogP contribution in [0.2, 0.25) is 0 Å². The average molecular weight is 450 g/mol. The fourth-order valence-electron chi connectivity index (χ4n) is 5.37. The van der Waals surface area contributed by atoms with Gasteiger partial charge in [-0.05, 0) is 56.4 Å². The molecule has 33 heavy (non-hydrogen) atoms. The number of hydrogen-bond acceptors (Lipinski definition) is 7. The predicted octanol–water partition coefficient (Wildman–Crippen LogP) is 2.02. The Morgan fingerprint density at radius 2 is 1.82 bits per heavy atom. The van der Waals surface area contributed by atoms with Crippen molar-refractivity contribution in [2.75, 3.05) is 29.5 Å². The summed E-state index contributed by atoms with van der Waals surface area (Å²) in [6.07, 6.45) is 8.43. The van der Waals surface area contributed by atoms with Crippen LogP contribution in [-0.2, 0) is 17.9 Å². The lowest BCUT2D eigenvalue weighted by Crippen LogP contribution is -2.49. The summed E-state index contributed by atoms with van der Waals surface area (Å²) >= 11 is 0. The highest BCUT2D eigenvalue weighted by atomic mass is 16.3. The summed E-state index contributed by atoms with van der Waals surface area (Å²) in [6, 6.07) is 8.66. The zero-order chi connectivity index (χ0) is 22.4. The summed E-state index contributed by atoms with van der Waals surface area (Å²) < 4.78 is 1.96. The number of amides is 1. The SMILES string of the molecule is O=C(C1CC1)N1CCC(O)(CC2CC=NN2c2ccc(N3CCn4ncnc4C3)cc2)CC1. The van der Waals surface area contributed by atoms with E-state index in [-0.39, 0.29) is 17.9 Å². The quantitative estimate of drug-likeness (QED) is 0.751. The number of aromatic nitrogens is 3. The van der Waals surface area contributed by atoms with Crippen LogP contribution >= 0.6 is 0 Å². The molecule has 9 heteroatoms. The second kappa shape index (κ2) is 8.13. The van der Waals surface area contributed by atoms with Crippen LogP contribution in [0.1, 0.15) is 44.3 Å². The number of anilines is 2. The normalized spacial score (nSPS) is 24.3. The first-order valence-corrected chi connectivity index (χ1v) is 12.1. The van der Waals surface area contributed by atoms with Gasteiger partial charge in [0.1, 0.15) is 12.2 Å². The lowest BCUT2D eigenvalue weighted by atomic mass is 9.84. The van der Waals surface area contributed by atoms with Gasteiger partial charge in [-0.2, -0.15) is 10.2 Å². The van der Waals surface area contributed by atoms with Crippen LogP contribution in [0.4, 0.5) is 11.4 Å². The fourth-order valence-corrected chi connectivity index (χ4v) is 5.37. The molecule has 1 aromatic heterocycles. The van der Waals surface area contributed by atoms with Gasteiger partial charge in [0, 0.05) is 43.9 Å². The molecule has 9 nitrogen and oxygen atoms in total. The van der Waals surface area contributed by atoms with Crippen molar-refractivity contribution in [3.8, 4) is 0 Å². The minimum absolute atomic E-state index is 0.139. The first-order chi connectivity index (χ1) is 16.1. The van der Waals surface area contributed by atoms with E-state index >= 15 is 0 Å². The third kappa shape index (κ3) is 4.10. The van der Waals surface area contributed by atoms with Crippen molar-refractivity contribution < 1.29 is 9.90 Å². The van der Waals surface area contributed by atoms with E-state index in [1.165, 1.54) is 5.69 Å². The van der Waals surface area contributed by atoms with Gasteiger partial charge < -0.3 is 14.9 Å². The third-order valence-electron chi connectivity index (χ3n) is 7.57. The van der Waals surface area contributed by atoms with Crippen LogP contribution in [0.3, 0.4) is 0 Å². The molecule has 1 atom stereocenters. The second-order valence-corrected chi connectivity index (χ2v) is 9.90. The molecule has 6 rings (SSSR count). The molecule has 2 aromatic rings. The number of nitrogens with zero attached hydrogens (tertiary/aromatic N) is 7. The van der Waals surface area contributed by atoms with Gasteiger partial charge in [-0.25, -0.2) is 9.67 Å². The molecule has 1 aliphatic carbocycles. The highest BCUT2D eigenvalue weighted by molar-refractivity contribution is 5.81. The van der Waals surface area contributed by atoms with Crippen LogP contribution in [0.5, 0.6) is 0 Å². The standard InChI is InChI=1S/C24H31N7O2/c32-23(18-1-2-18)28-11-8-24(33,9-12-28)15-21-7-10-26-31(21)20-5-3-19(4-6-20)29-13-14-30-22(16-29)25-17-27-30/h3-6,10,17-18,21,33H,1-2,7-9,11-16H2. The van der Waals surface area contributed by atoms with Crippen LogP contribution in [0, 0.1) is 5.92 Å². The van der Waals surface area contributed by atoms with Gasteiger partial charge in [0.15, 0.2) is 0 Å². The number of carbonyl (C=O) groups is 1. The van der Waals surface area contributed by atoms with E-state index in [0.29, 0.717) is 32.4 Å². The number of fused-ring (bicyclic) bond motifs is 1. The number of aliphatic hydroxyl groups is 1. The Kier molecular flexibility index (Phi) is 5.09. The van der Waals surface area contributed by atoms with E-state index in [4.69, 9.17) is 0 Å². The molecular formula is C24H31N7O2. The van der Waals surface area contributed by atoms with E-state index in [1.807, 2.05) is 15.8 Å². The average Bonchev–Trinajstić information content (AvgIpc) is 3.41. The molecule has 1 aromatic carbocycles. The Labute approximate surface area is 193 Å². The molecule has 1 saturated heterocycles. The third-order valence-corrected chi connectivity index (χ3v) is 7.57. The molecule has 0 bridgehead atoms. The Bertz CT molecular complexity index is 1040. The van der Waals surface area contributed by atoms with Crippen molar-refractivity contribution in [2.45, 2.75) is 63.3 Å². The molecule has 0 radical (unpaired) electrons. The van der Waals surface area contributed by atoms with E-state index in [2.05, 4.69) is 49.4 Å². The summed E-state index contributed by atoms with van der Waals surface area (Å²) in [6.45, 7) is 3.85. The predicted molar refractivity (Wildman–Crippen MR) is 125 cm³/mol. The Hall–Kier alpha value is -2.94. The summed E-state index contributed by atoms with van der Waals surface area (Å²) in [5.74, 6) is 1.53. The molecule has 1 unspecified atom stereocenters. The number of carbonyl (C=O) groups excluding carboxylic acids is 1. The van der Waals surface area contributed by atoms with E-state index in [0.717, 1.165) is 50.4 Å². The minimum Gasteiger partial charge on any atom is -0.390 e. The molecule has 0 spiro atoms. The van der Waals surface area contributed by atoms with Crippen molar-refractivity contribution in [2.24, 2.45) is 11.0 Å². The van der Waals surface area contributed by atoms with Crippen LogP contribution in [0.15, 0.2) is 35.7 Å². The number of hydrogen-bond donors (Lipinski definition) is 1. The van der Waals surface area contributed by atoms with Crippen molar-refractivity contribution in [3.63, 3.8) is 0 Å². The van der Waals surface area contributed by atoms with E-state index in [1.54, 1.807) is 6.33 Å². The number of benzene rings is 1. The Morgan fingerprint density at radius 1 is 1.06 bits per heavy atom. The summed E-state index contributed by atoms with van der Waals surface area (Å²) in [4.78, 5) is 21.0. The zero-order valence-corrected chi connectivity index (χ0v) is 18.9. The molecule has 4 aliphatic rings. The van der Waals surface area contributed by atoms with E-state index < -0.39 is 5.60 Å². The minimum atomic E-state index is -0.735. The van der Waals surface area contributed by atoms with Crippen molar-refractivity contribution in [1.82, 2.24) is 19.7 Å². The second-order valence-electron chi connectivity index (χ2n) is 9.90. The zero-order valence-electron chi connectivity index (χ0n) is 18.9. The van der Waals surface area contributed by atoms with Crippen LogP contribution in [-0.4, -0.2) is 68.2 Å². The molecule has 2 fully saturated rings. The van der Waals surface area contributed by atoms with Gasteiger partial charge in [0.2, 0.25) is 5.91 Å². The van der Waals surface area contributed by atoms with Crippen molar-refractivity contribution in [3.05, 3.63) is 36.4 Å². The van der Waals surface area contributed by atoms with Crippen molar-refractivity contribution >= 4 is 23.5 Å². The Morgan fingerprint density at radius 3 is 2.58 bits per heavy atom. The van der Waals surface area contributed by atoms with Crippen LogP contribution in [0.25, 0.3) is 0 Å². The lowest BCUT2D eigenvalue weighted by Gasteiger charge is -2.40. The van der Waals surface area contributed by atoms with E-state index in [9.17, 15) is 9.90 Å². The van der Waals surface area contributed by atoms with Gasteiger partial charge in [0.05, 0.1) is 30.4 Å². The summed E-state index contributed by atoms with van der Waals surface area (Å²) in [7, 11) is 0. The highest BCUT2D eigenvalue weighted by Gasteiger charge is 2.41. The molecule has 1 amide bonds. The molecular weight excluding hydrogens is 418 g/mol. The maximum absolute atomic E-state index is 12.3. The smallest absolute Gasteiger partial charge is 0.225 e. The first-order valence-electron chi connectivity index (χ1n) is 12.1. The monoisotopic (exact) mass is 449 g/mol. The van der Waals surface area contributed by atoms with Gasteiger partial charge in [-0.1, -0.05) is 0 Å². The maximum atomic E-state index is 12.3. The number of likely N-dealkylation sites (tertiary alicyclic amines) is 1. The van der Waals surface area contributed by atoms with Gasteiger partial charge in [-0.3, -0.25) is 9.80 Å². The fraction of sp³-hybridized carbons (Fsp3) is 0.583. The summed E-state index contributed by atoms with van der Waals surface area (Å²) in [5.41, 5.74) is 1.47. The number of rotatable bonds is 5. The molecule has 1 saturated carbocycles. The lowest BCUT2D eigenvalue weighted by molar-refractivity contribution is -0.137. The first kappa shape index (κ1) is 20.7. The largest absolute Gasteiger partial charge is 0.390 e. The highest BCUT2D eigenvalue weighted by Crippen LogP contribution is 2.36. The molecule has 174 valence electrons. The van der Waals surface area contributed by atoms with Crippen molar-refractivity contribution in [1.29, 1.82) is 0 Å². The molecule has 3 aliphatic heterocycles. The number of hydrazone groups is 1. The number of piperidine rings is 1. The molecule has 4 heterocycles. The van der Waals surface area contributed by atoms with Gasteiger partial charge >= 0.3 is 0 Å².